The Hall–Kier alpha value is -2.02. The van der Waals surface area contributed by atoms with Crippen LogP contribution < -0.4 is 0 Å². The van der Waals surface area contributed by atoms with Crippen molar-refractivity contribution < 1.29 is 24.6 Å². The van der Waals surface area contributed by atoms with Gasteiger partial charge in [0.1, 0.15) is 5.75 Å². The minimum Gasteiger partial charge on any atom is -0.508 e. The lowest BCUT2D eigenvalue weighted by Gasteiger charge is -2.25. The number of carboxylic acids is 1. The maximum absolute atomic E-state index is 12.0. The van der Waals surface area contributed by atoms with Crippen LogP contribution in [-0.4, -0.2) is 43.9 Å². The van der Waals surface area contributed by atoms with Crippen LogP contribution in [0, 0.1) is 0 Å². The summed E-state index contributed by atoms with van der Waals surface area (Å²) in [6.07, 6.45) is 0.159. The third-order valence-electron chi connectivity index (χ3n) is 3.21. The largest absolute Gasteiger partial charge is 0.508 e. The number of thioether (sulfide) groups is 1. The van der Waals surface area contributed by atoms with E-state index < -0.39 is 12.0 Å². The van der Waals surface area contributed by atoms with Crippen molar-refractivity contribution in [1.29, 1.82) is 0 Å². The lowest BCUT2D eigenvalue weighted by Crippen LogP contribution is -2.35. The number of aromatic hydroxyl groups is 1. The van der Waals surface area contributed by atoms with Crippen LogP contribution in [0.5, 0.6) is 5.75 Å². The molecule has 1 saturated heterocycles. The van der Waals surface area contributed by atoms with Crippen LogP contribution in [-0.2, 0) is 14.4 Å². The average molecular weight is 309 g/mol. The molecule has 7 heteroatoms. The highest BCUT2D eigenvalue weighted by Gasteiger charge is 2.39. The molecule has 2 rings (SSSR count). The smallest absolute Gasteiger partial charge is 0.331 e. The van der Waals surface area contributed by atoms with Crippen LogP contribution in [0.15, 0.2) is 24.3 Å². The minimum absolute atomic E-state index is 0.0284. The molecule has 1 aromatic carbocycles. The summed E-state index contributed by atoms with van der Waals surface area (Å²) in [4.78, 5) is 35.9. The van der Waals surface area contributed by atoms with Gasteiger partial charge < -0.3 is 15.1 Å². The summed E-state index contributed by atoms with van der Waals surface area (Å²) in [5, 5.41) is 18.4. The van der Waals surface area contributed by atoms with Gasteiger partial charge in [-0.2, -0.15) is 0 Å². The zero-order chi connectivity index (χ0) is 15.6. The highest BCUT2D eigenvalue weighted by Crippen LogP contribution is 2.32. The Balaban J connectivity index is 2.23. The Kier molecular flexibility index (Phi) is 4.52. The van der Waals surface area contributed by atoms with Crippen molar-refractivity contribution in [2.24, 2.45) is 0 Å². The number of aliphatic carboxylic acids is 1. The highest BCUT2D eigenvalue weighted by molar-refractivity contribution is 8.14. The van der Waals surface area contributed by atoms with Crippen molar-refractivity contribution in [2.75, 3.05) is 6.54 Å². The fourth-order valence-electron chi connectivity index (χ4n) is 2.37. The van der Waals surface area contributed by atoms with Crippen molar-refractivity contribution in [2.45, 2.75) is 24.6 Å². The van der Waals surface area contributed by atoms with Gasteiger partial charge in [0.25, 0.3) is 0 Å². The van der Waals surface area contributed by atoms with E-state index in [-0.39, 0.29) is 35.0 Å². The molecule has 2 unspecified atom stereocenters. The summed E-state index contributed by atoms with van der Waals surface area (Å²) in [6, 6.07) is 4.62. The van der Waals surface area contributed by atoms with Gasteiger partial charge in [0.15, 0.2) is 11.2 Å². The Labute approximate surface area is 125 Å². The SMILES string of the molecule is CC(=O)SC1CC(=O)N(C(C(=O)O)c2ccc(O)cc2)C1. The fourth-order valence-corrected chi connectivity index (χ4v) is 3.30. The quantitative estimate of drug-likeness (QED) is 0.873. The molecular weight excluding hydrogens is 294 g/mol. The van der Waals surface area contributed by atoms with Gasteiger partial charge in [-0.15, -0.1) is 0 Å². The van der Waals surface area contributed by atoms with Gasteiger partial charge in [-0.1, -0.05) is 23.9 Å². The van der Waals surface area contributed by atoms with Crippen molar-refractivity contribution in [3.05, 3.63) is 29.8 Å². The first-order valence-electron chi connectivity index (χ1n) is 6.37. The van der Waals surface area contributed by atoms with E-state index in [2.05, 4.69) is 0 Å². The predicted molar refractivity (Wildman–Crippen MR) is 76.9 cm³/mol. The van der Waals surface area contributed by atoms with Crippen molar-refractivity contribution in [3.8, 4) is 5.75 Å². The summed E-state index contributed by atoms with van der Waals surface area (Å²) in [6.45, 7) is 1.65. The molecule has 0 radical (unpaired) electrons. The maximum atomic E-state index is 12.0. The number of hydrogen-bond acceptors (Lipinski definition) is 5. The molecule has 0 bridgehead atoms. The minimum atomic E-state index is -1.14. The van der Waals surface area contributed by atoms with E-state index in [0.717, 1.165) is 11.8 Å². The summed E-state index contributed by atoms with van der Waals surface area (Å²) >= 11 is 1.06. The first-order chi connectivity index (χ1) is 9.88. The first-order valence-corrected chi connectivity index (χ1v) is 7.25. The van der Waals surface area contributed by atoms with Gasteiger partial charge in [-0.25, -0.2) is 4.79 Å². The monoisotopic (exact) mass is 309 g/mol. The Morgan fingerprint density at radius 3 is 2.48 bits per heavy atom. The Morgan fingerprint density at radius 1 is 1.33 bits per heavy atom. The van der Waals surface area contributed by atoms with Crippen LogP contribution in [0.2, 0.25) is 0 Å². The predicted octanol–water partition coefficient (Wildman–Crippen LogP) is 1.40. The van der Waals surface area contributed by atoms with Crippen LogP contribution in [0.4, 0.5) is 0 Å². The molecule has 1 aromatic rings. The van der Waals surface area contributed by atoms with E-state index in [1.54, 1.807) is 0 Å². The molecule has 1 heterocycles. The van der Waals surface area contributed by atoms with E-state index >= 15 is 0 Å². The van der Waals surface area contributed by atoms with Crippen LogP contribution in [0.3, 0.4) is 0 Å². The maximum Gasteiger partial charge on any atom is 0.331 e. The van der Waals surface area contributed by atoms with Crippen LogP contribution in [0.1, 0.15) is 24.9 Å². The molecule has 0 aromatic heterocycles. The van der Waals surface area contributed by atoms with Gasteiger partial charge in [0.05, 0.1) is 0 Å². The molecule has 0 aliphatic carbocycles. The molecule has 1 amide bonds. The number of amides is 1. The van der Waals surface area contributed by atoms with E-state index in [9.17, 15) is 24.6 Å². The summed E-state index contributed by atoms with van der Waals surface area (Å²) in [7, 11) is 0. The third kappa shape index (κ3) is 3.55. The van der Waals surface area contributed by atoms with E-state index in [1.807, 2.05) is 0 Å². The van der Waals surface area contributed by atoms with Crippen molar-refractivity contribution in [1.82, 2.24) is 4.90 Å². The molecule has 1 aliphatic rings. The van der Waals surface area contributed by atoms with Gasteiger partial charge >= 0.3 is 5.97 Å². The van der Waals surface area contributed by atoms with E-state index in [0.29, 0.717) is 5.56 Å². The standard InChI is InChI=1S/C14H15NO5S/c1-8(16)21-11-6-12(18)15(7-11)13(14(19)20)9-2-4-10(17)5-3-9/h2-5,11,13,17H,6-7H2,1H3,(H,19,20). The lowest BCUT2D eigenvalue weighted by atomic mass is 10.1. The number of hydrogen-bond donors (Lipinski definition) is 2. The zero-order valence-corrected chi connectivity index (χ0v) is 12.2. The second-order valence-electron chi connectivity index (χ2n) is 4.81. The number of carbonyl (C=O) groups is 3. The molecule has 1 fully saturated rings. The van der Waals surface area contributed by atoms with Crippen LogP contribution >= 0.6 is 11.8 Å². The number of rotatable bonds is 4. The van der Waals surface area contributed by atoms with E-state index in [4.69, 9.17) is 0 Å². The molecule has 0 saturated carbocycles. The van der Waals surface area contributed by atoms with Gasteiger partial charge in [-0.3, -0.25) is 9.59 Å². The molecule has 0 spiro atoms. The normalized spacial score (nSPS) is 19.6. The first kappa shape index (κ1) is 15.4. The molecule has 2 atom stereocenters. The van der Waals surface area contributed by atoms with Crippen molar-refractivity contribution in [3.63, 3.8) is 0 Å². The van der Waals surface area contributed by atoms with Gasteiger partial charge in [0, 0.05) is 25.1 Å². The molecule has 21 heavy (non-hydrogen) atoms. The topological polar surface area (TPSA) is 94.9 Å². The molecule has 1 aliphatic heterocycles. The van der Waals surface area contributed by atoms with Crippen LogP contribution in [0.25, 0.3) is 0 Å². The number of benzene rings is 1. The Bertz CT molecular complexity index is 571. The molecular formula is C14H15NO5S. The number of likely N-dealkylation sites (tertiary alicyclic amines) is 1. The lowest BCUT2D eigenvalue weighted by molar-refractivity contribution is -0.148. The summed E-state index contributed by atoms with van der Waals surface area (Å²) < 4.78 is 0. The number of phenols is 1. The van der Waals surface area contributed by atoms with Gasteiger partial charge in [-0.05, 0) is 17.7 Å². The molecule has 2 N–H and O–H groups in total. The molecule has 112 valence electrons. The average Bonchev–Trinajstić information content (AvgIpc) is 2.71. The number of carbonyl (C=O) groups excluding carboxylic acids is 2. The highest BCUT2D eigenvalue weighted by atomic mass is 32.2. The van der Waals surface area contributed by atoms with E-state index in [1.165, 1.54) is 36.1 Å². The second-order valence-corrected chi connectivity index (χ2v) is 6.29. The van der Waals surface area contributed by atoms with Crippen molar-refractivity contribution >= 4 is 28.8 Å². The summed E-state index contributed by atoms with van der Waals surface area (Å²) in [5.41, 5.74) is 0.419. The second kappa shape index (κ2) is 6.17. The zero-order valence-electron chi connectivity index (χ0n) is 11.4. The Morgan fingerprint density at radius 2 is 1.95 bits per heavy atom. The molecule has 6 nitrogen and oxygen atoms in total. The fraction of sp³-hybridized carbons (Fsp3) is 0.357. The summed E-state index contributed by atoms with van der Waals surface area (Å²) in [5.74, 6) is -1.39. The number of carboxylic acid groups (broad SMARTS) is 1. The number of phenolic OH excluding ortho intramolecular Hbond substituents is 1. The third-order valence-corrected chi connectivity index (χ3v) is 4.19. The number of nitrogens with zero attached hydrogens (tertiary/aromatic N) is 1. The van der Waals surface area contributed by atoms with Gasteiger partial charge in [0.2, 0.25) is 5.91 Å².